The van der Waals surface area contributed by atoms with Crippen molar-refractivity contribution >= 4 is 23.5 Å². The highest BCUT2D eigenvalue weighted by molar-refractivity contribution is 6.32. The standard InChI is InChI=1S/C24H34ClNO4/c1-6-21(28)30-24(7-2)11-9-17-15-12-19(25)18-13-20(27)26(5,29)14-22(18,3)16(15)8-10-23(17,24)4/h12-13,15-17H,6-11,14H2,1-5H3/t15-,16+,17+,22-,23+,24-,26?/m1/s1. The first kappa shape index (κ1) is 22.0. The van der Waals surface area contributed by atoms with Crippen molar-refractivity contribution in [2.45, 2.75) is 71.8 Å². The monoisotopic (exact) mass is 435 g/mol. The summed E-state index contributed by atoms with van der Waals surface area (Å²) in [5.41, 5.74) is -0.125. The van der Waals surface area contributed by atoms with Crippen molar-refractivity contribution in [1.82, 2.24) is 0 Å². The minimum absolute atomic E-state index is 0.112. The van der Waals surface area contributed by atoms with Gasteiger partial charge in [-0.25, -0.2) is 4.79 Å². The summed E-state index contributed by atoms with van der Waals surface area (Å²) >= 11 is 6.75. The molecule has 166 valence electrons. The fourth-order valence-corrected chi connectivity index (χ4v) is 7.92. The van der Waals surface area contributed by atoms with E-state index in [1.165, 1.54) is 13.1 Å². The molecular weight excluding hydrogens is 402 g/mol. The summed E-state index contributed by atoms with van der Waals surface area (Å²) in [6.07, 6.45) is 8.59. The van der Waals surface area contributed by atoms with Gasteiger partial charge in [-0.05, 0) is 62.4 Å². The minimum Gasteiger partial charge on any atom is -0.625 e. The van der Waals surface area contributed by atoms with Crippen LogP contribution in [0.2, 0.25) is 0 Å². The number of nitrogens with zero attached hydrogens (tertiary/aromatic N) is 1. The molecule has 1 unspecified atom stereocenters. The lowest BCUT2D eigenvalue weighted by molar-refractivity contribution is -0.790. The second-order valence-electron chi connectivity index (χ2n) is 10.5. The van der Waals surface area contributed by atoms with E-state index in [0.29, 0.717) is 17.4 Å². The number of hydrogen-bond donors (Lipinski definition) is 0. The number of ether oxygens (including phenoxy) is 1. The summed E-state index contributed by atoms with van der Waals surface area (Å²) in [5, 5.41) is 13.5. The third kappa shape index (κ3) is 2.81. The summed E-state index contributed by atoms with van der Waals surface area (Å²) in [6.45, 7) is 8.62. The van der Waals surface area contributed by atoms with Gasteiger partial charge in [0.25, 0.3) is 0 Å². The molecule has 0 N–H and O–H groups in total. The molecule has 7 atom stereocenters. The number of quaternary nitrogens is 1. The fourth-order valence-electron chi connectivity index (χ4n) is 7.51. The Bertz CT molecular complexity index is 848. The molecule has 0 saturated heterocycles. The first-order chi connectivity index (χ1) is 13.9. The Balaban J connectivity index is 1.76. The van der Waals surface area contributed by atoms with Crippen LogP contribution in [0.15, 0.2) is 22.8 Å². The van der Waals surface area contributed by atoms with Gasteiger partial charge in [0.15, 0.2) is 0 Å². The molecule has 0 spiro atoms. The number of halogens is 1. The number of carbonyl (C=O) groups excluding carboxylic acids is 2. The number of likely N-dealkylation sites (N-methyl/N-ethyl adjacent to an activating group) is 1. The van der Waals surface area contributed by atoms with E-state index in [2.05, 4.69) is 26.8 Å². The number of carbonyl (C=O) groups is 2. The van der Waals surface area contributed by atoms with Crippen LogP contribution in [0.5, 0.6) is 0 Å². The van der Waals surface area contributed by atoms with Crippen LogP contribution in [0.1, 0.15) is 66.2 Å². The molecule has 2 fully saturated rings. The van der Waals surface area contributed by atoms with Crippen molar-refractivity contribution in [1.29, 1.82) is 0 Å². The molecule has 2 saturated carbocycles. The smallest absolute Gasteiger partial charge is 0.338 e. The van der Waals surface area contributed by atoms with Crippen LogP contribution in [0.3, 0.4) is 0 Å². The predicted molar refractivity (Wildman–Crippen MR) is 116 cm³/mol. The SMILES string of the molecule is CCC(=O)O[C@]1(CC)CC[C@H]2[C@@H]3C=C(Cl)C4=CC(=O)[N+](C)([O-])C[C@]4(C)[C@H]3CC[C@@]21C. The third-order valence-electron chi connectivity index (χ3n) is 9.19. The van der Waals surface area contributed by atoms with E-state index in [4.69, 9.17) is 16.3 Å². The first-order valence-electron chi connectivity index (χ1n) is 11.4. The molecule has 0 radical (unpaired) electrons. The zero-order valence-electron chi connectivity index (χ0n) is 18.8. The molecule has 0 bridgehead atoms. The highest BCUT2D eigenvalue weighted by Crippen LogP contribution is 2.68. The third-order valence-corrected chi connectivity index (χ3v) is 9.51. The molecule has 0 aromatic rings. The van der Waals surface area contributed by atoms with Crippen molar-refractivity contribution < 1.29 is 19.0 Å². The van der Waals surface area contributed by atoms with E-state index in [0.717, 1.165) is 37.7 Å². The van der Waals surface area contributed by atoms with E-state index in [1.807, 2.05) is 6.92 Å². The van der Waals surface area contributed by atoms with Crippen LogP contribution in [0, 0.1) is 33.8 Å². The molecule has 30 heavy (non-hydrogen) atoms. The van der Waals surface area contributed by atoms with Gasteiger partial charge in [0.1, 0.15) is 5.60 Å². The van der Waals surface area contributed by atoms with Crippen molar-refractivity contribution in [2.24, 2.45) is 28.6 Å². The van der Waals surface area contributed by atoms with Gasteiger partial charge < -0.3 is 9.94 Å². The molecule has 1 amide bonds. The Morgan fingerprint density at radius 2 is 1.93 bits per heavy atom. The van der Waals surface area contributed by atoms with Crippen molar-refractivity contribution in [3.8, 4) is 0 Å². The van der Waals surface area contributed by atoms with Crippen molar-refractivity contribution in [3.63, 3.8) is 0 Å². The lowest BCUT2D eigenvalue weighted by atomic mass is 9.49. The van der Waals surface area contributed by atoms with Crippen LogP contribution < -0.4 is 0 Å². The Morgan fingerprint density at radius 3 is 2.57 bits per heavy atom. The normalized spacial score (nSPS) is 47.6. The molecule has 6 heteroatoms. The average molecular weight is 436 g/mol. The molecule has 3 aliphatic carbocycles. The Kier molecular flexibility index (Phi) is 5.08. The van der Waals surface area contributed by atoms with Crippen molar-refractivity contribution in [2.75, 3.05) is 13.6 Å². The molecule has 1 aliphatic heterocycles. The molecule has 1 heterocycles. The maximum absolute atomic E-state index is 12.9. The number of hydrogen-bond acceptors (Lipinski definition) is 4. The number of esters is 1. The number of amides is 1. The molecule has 0 aromatic heterocycles. The van der Waals surface area contributed by atoms with Gasteiger partial charge in [-0.15, -0.1) is 0 Å². The van der Waals surface area contributed by atoms with Gasteiger partial charge in [0.05, 0.1) is 13.6 Å². The number of hydroxylamine groups is 3. The largest absolute Gasteiger partial charge is 0.625 e. The summed E-state index contributed by atoms with van der Waals surface area (Å²) in [4.78, 5) is 24.6. The lowest BCUT2D eigenvalue weighted by Crippen LogP contribution is -2.60. The number of rotatable bonds is 3. The second kappa shape index (κ2) is 6.91. The minimum atomic E-state index is -0.873. The second-order valence-corrected chi connectivity index (χ2v) is 11.0. The summed E-state index contributed by atoms with van der Waals surface area (Å²) in [7, 11) is 1.46. The molecule has 4 aliphatic rings. The molecule has 0 aromatic carbocycles. The van der Waals surface area contributed by atoms with Gasteiger partial charge >= 0.3 is 11.9 Å². The summed E-state index contributed by atoms with van der Waals surface area (Å²) in [6, 6.07) is 0. The van der Waals surface area contributed by atoms with Gasteiger partial charge in [-0.1, -0.05) is 38.4 Å². The number of allylic oxidation sites excluding steroid dienone is 2. The van der Waals surface area contributed by atoms with E-state index in [1.54, 1.807) is 0 Å². The van der Waals surface area contributed by atoms with E-state index >= 15 is 0 Å². The average Bonchev–Trinajstić information content (AvgIpc) is 2.96. The Morgan fingerprint density at radius 1 is 1.27 bits per heavy atom. The Hall–Kier alpha value is -1.17. The zero-order chi connectivity index (χ0) is 22.1. The van der Waals surface area contributed by atoms with Crippen LogP contribution in [0.25, 0.3) is 0 Å². The van der Waals surface area contributed by atoms with E-state index in [-0.39, 0.29) is 29.8 Å². The van der Waals surface area contributed by atoms with Gasteiger partial charge in [0, 0.05) is 28.4 Å². The molecule has 5 nitrogen and oxygen atoms in total. The predicted octanol–water partition coefficient (Wildman–Crippen LogP) is 5.08. The van der Waals surface area contributed by atoms with Gasteiger partial charge in [-0.2, -0.15) is 0 Å². The highest BCUT2D eigenvalue weighted by Gasteiger charge is 2.66. The van der Waals surface area contributed by atoms with Gasteiger partial charge in [-0.3, -0.25) is 9.44 Å². The fraction of sp³-hybridized carbons (Fsp3) is 0.750. The number of fused-ring (bicyclic) bond motifs is 5. The van der Waals surface area contributed by atoms with Crippen LogP contribution in [0.4, 0.5) is 0 Å². The van der Waals surface area contributed by atoms with Crippen LogP contribution in [-0.2, 0) is 14.3 Å². The lowest BCUT2D eigenvalue weighted by Gasteiger charge is -2.59. The van der Waals surface area contributed by atoms with Crippen LogP contribution >= 0.6 is 11.6 Å². The quantitative estimate of drug-likeness (QED) is 0.352. The Labute approximate surface area is 184 Å². The first-order valence-corrected chi connectivity index (χ1v) is 11.7. The van der Waals surface area contributed by atoms with Crippen LogP contribution in [-0.4, -0.2) is 35.7 Å². The maximum Gasteiger partial charge on any atom is 0.338 e. The molecular formula is C24H34ClNO4. The highest BCUT2D eigenvalue weighted by atomic mass is 35.5. The summed E-state index contributed by atoms with van der Waals surface area (Å²) < 4.78 is 5.28. The van der Waals surface area contributed by atoms with Crippen molar-refractivity contribution in [3.05, 3.63) is 28.0 Å². The summed E-state index contributed by atoms with van der Waals surface area (Å²) in [5.74, 6) is 0.278. The van der Waals surface area contributed by atoms with E-state index < -0.39 is 21.6 Å². The topological polar surface area (TPSA) is 66.4 Å². The molecule has 4 rings (SSSR count). The van der Waals surface area contributed by atoms with Gasteiger partial charge in [0.2, 0.25) is 0 Å². The zero-order valence-corrected chi connectivity index (χ0v) is 19.6. The van der Waals surface area contributed by atoms with E-state index in [9.17, 15) is 14.8 Å². The maximum atomic E-state index is 12.9.